The third kappa shape index (κ3) is 4.95. The number of carbonyl (C=O) groups is 1. The average molecular weight is 332 g/mol. The molecule has 6 heteroatoms. The van der Waals surface area contributed by atoms with E-state index in [1.165, 1.54) is 0 Å². The highest BCUT2D eigenvalue weighted by molar-refractivity contribution is 9.10. The lowest BCUT2D eigenvalue weighted by molar-refractivity contribution is 0.0881. The molecule has 1 aromatic heterocycles. The quantitative estimate of drug-likeness (QED) is 0.755. The molecule has 0 radical (unpaired) electrons. The Morgan fingerprint density at radius 1 is 1.42 bits per heavy atom. The lowest BCUT2D eigenvalue weighted by Gasteiger charge is -2.07. The van der Waals surface area contributed by atoms with Gasteiger partial charge >= 0.3 is 0 Å². The minimum atomic E-state index is -0.192. The number of amides is 1. The number of nitrogens with one attached hydrogen (secondary N) is 2. The second-order valence-corrected chi connectivity index (χ2v) is 5.97. The van der Waals surface area contributed by atoms with Crippen LogP contribution in [0, 0.1) is 5.92 Å². The predicted molar refractivity (Wildman–Crippen MR) is 78.4 cm³/mol. The van der Waals surface area contributed by atoms with Crippen LogP contribution in [0.5, 0.6) is 0 Å². The highest BCUT2D eigenvalue weighted by Crippen LogP contribution is 2.25. The number of nitrogens with zero attached hydrogens (tertiary/aromatic N) is 1. The van der Waals surface area contributed by atoms with Crippen LogP contribution in [-0.4, -0.2) is 35.9 Å². The SMILES string of the molecule is CC(C)COCCNC(=O)c1n[nH]c(C(C)C)c1Br. The Hall–Kier alpha value is -0.880. The first kappa shape index (κ1) is 16.2. The molecule has 2 N–H and O–H groups in total. The van der Waals surface area contributed by atoms with Crippen molar-refractivity contribution < 1.29 is 9.53 Å². The van der Waals surface area contributed by atoms with Gasteiger partial charge in [0.25, 0.3) is 5.91 Å². The Kier molecular flexibility index (Phi) is 6.51. The maximum absolute atomic E-state index is 11.9. The van der Waals surface area contributed by atoms with Gasteiger partial charge in [0.1, 0.15) is 0 Å². The van der Waals surface area contributed by atoms with E-state index in [4.69, 9.17) is 4.74 Å². The summed E-state index contributed by atoms with van der Waals surface area (Å²) in [5, 5.41) is 9.71. The van der Waals surface area contributed by atoms with E-state index in [0.717, 1.165) is 10.2 Å². The summed E-state index contributed by atoms with van der Waals surface area (Å²) >= 11 is 3.41. The maximum Gasteiger partial charge on any atom is 0.273 e. The maximum atomic E-state index is 11.9. The van der Waals surface area contributed by atoms with Crippen molar-refractivity contribution in [3.05, 3.63) is 15.9 Å². The smallest absolute Gasteiger partial charge is 0.273 e. The fraction of sp³-hybridized carbons (Fsp3) is 0.692. The average Bonchev–Trinajstić information content (AvgIpc) is 2.70. The molecule has 0 unspecified atom stereocenters. The topological polar surface area (TPSA) is 67.0 Å². The van der Waals surface area contributed by atoms with Crippen LogP contribution in [-0.2, 0) is 4.74 Å². The number of ether oxygens (including phenoxy) is 1. The van der Waals surface area contributed by atoms with Gasteiger partial charge in [0, 0.05) is 13.2 Å². The normalized spacial score (nSPS) is 11.3. The van der Waals surface area contributed by atoms with Gasteiger partial charge in [0.15, 0.2) is 5.69 Å². The number of aromatic nitrogens is 2. The molecule has 1 heterocycles. The molecule has 0 fully saturated rings. The van der Waals surface area contributed by atoms with Gasteiger partial charge in [-0.2, -0.15) is 5.10 Å². The molecule has 0 aliphatic carbocycles. The number of carbonyl (C=O) groups excluding carboxylic acids is 1. The van der Waals surface area contributed by atoms with E-state index in [1.54, 1.807) is 0 Å². The number of rotatable bonds is 7. The molecule has 0 saturated heterocycles. The summed E-state index contributed by atoms with van der Waals surface area (Å²) in [5.41, 5.74) is 1.33. The monoisotopic (exact) mass is 331 g/mol. The zero-order chi connectivity index (χ0) is 14.4. The molecule has 0 bridgehead atoms. The van der Waals surface area contributed by atoms with Gasteiger partial charge in [-0.1, -0.05) is 27.7 Å². The van der Waals surface area contributed by atoms with Gasteiger partial charge in [-0.25, -0.2) is 0 Å². The standard InChI is InChI=1S/C13H22BrN3O2/c1-8(2)7-19-6-5-15-13(18)12-10(14)11(9(3)4)16-17-12/h8-9H,5-7H2,1-4H3,(H,15,18)(H,16,17). The van der Waals surface area contributed by atoms with E-state index in [2.05, 4.69) is 45.3 Å². The lowest BCUT2D eigenvalue weighted by atomic mass is 10.1. The molecule has 0 aliphatic heterocycles. The van der Waals surface area contributed by atoms with Crippen molar-refractivity contribution in [2.24, 2.45) is 5.92 Å². The molecule has 5 nitrogen and oxygen atoms in total. The first-order valence-electron chi connectivity index (χ1n) is 6.53. The molecule has 1 amide bonds. The molecule has 0 aromatic carbocycles. The Morgan fingerprint density at radius 3 is 2.63 bits per heavy atom. The van der Waals surface area contributed by atoms with Crippen molar-refractivity contribution in [3.8, 4) is 0 Å². The summed E-state index contributed by atoms with van der Waals surface area (Å²) in [4.78, 5) is 11.9. The molecular formula is C13H22BrN3O2. The minimum Gasteiger partial charge on any atom is -0.379 e. The number of aromatic amines is 1. The van der Waals surface area contributed by atoms with Crippen LogP contribution in [0.25, 0.3) is 0 Å². The fourth-order valence-corrected chi connectivity index (χ4v) is 2.33. The molecule has 0 spiro atoms. The van der Waals surface area contributed by atoms with Crippen molar-refractivity contribution in [2.45, 2.75) is 33.6 Å². The lowest BCUT2D eigenvalue weighted by Crippen LogP contribution is -2.28. The molecule has 0 aliphatic rings. The second kappa shape index (κ2) is 7.65. The fourth-order valence-electron chi connectivity index (χ4n) is 1.51. The summed E-state index contributed by atoms with van der Waals surface area (Å²) in [6, 6.07) is 0. The van der Waals surface area contributed by atoms with Crippen LogP contribution in [0.3, 0.4) is 0 Å². The van der Waals surface area contributed by atoms with Crippen LogP contribution in [0.1, 0.15) is 49.8 Å². The van der Waals surface area contributed by atoms with Gasteiger partial charge in [0.2, 0.25) is 0 Å². The number of H-pyrrole nitrogens is 1. The van der Waals surface area contributed by atoms with Gasteiger partial charge in [0.05, 0.1) is 16.8 Å². The van der Waals surface area contributed by atoms with Crippen molar-refractivity contribution in [1.29, 1.82) is 0 Å². The second-order valence-electron chi connectivity index (χ2n) is 5.18. The minimum absolute atomic E-state index is 0.192. The van der Waals surface area contributed by atoms with Crippen LogP contribution in [0.2, 0.25) is 0 Å². The Bertz CT molecular complexity index is 416. The first-order chi connectivity index (χ1) is 8.93. The highest BCUT2D eigenvalue weighted by atomic mass is 79.9. The van der Waals surface area contributed by atoms with Crippen LogP contribution < -0.4 is 5.32 Å². The Labute approximate surface area is 122 Å². The van der Waals surface area contributed by atoms with E-state index < -0.39 is 0 Å². The van der Waals surface area contributed by atoms with Crippen molar-refractivity contribution in [2.75, 3.05) is 19.8 Å². The largest absolute Gasteiger partial charge is 0.379 e. The molecule has 1 aromatic rings. The Balaban J connectivity index is 2.42. The zero-order valence-electron chi connectivity index (χ0n) is 11.9. The van der Waals surface area contributed by atoms with Gasteiger partial charge < -0.3 is 10.1 Å². The highest BCUT2D eigenvalue weighted by Gasteiger charge is 2.18. The van der Waals surface area contributed by atoms with Gasteiger partial charge in [-0.05, 0) is 27.8 Å². The summed E-state index contributed by atoms with van der Waals surface area (Å²) in [7, 11) is 0. The van der Waals surface area contributed by atoms with Crippen LogP contribution >= 0.6 is 15.9 Å². The van der Waals surface area contributed by atoms with Crippen molar-refractivity contribution in [3.63, 3.8) is 0 Å². The van der Waals surface area contributed by atoms with E-state index in [9.17, 15) is 4.79 Å². The van der Waals surface area contributed by atoms with Crippen LogP contribution in [0.4, 0.5) is 0 Å². The molecule has 19 heavy (non-hydrogen) atoms. The van der Waals surface area contributed by atoms with Gasteiger partial charge in [-0.3, -0.25) is 9.89 Å². The summed E-state index contributed by atoms with van der Waals surface area (Å²) < 4.78 is 6.14. The summed E-state index contributed by atoms with van der Waals surface area (Å²) in [6.45, 7) is 9.98. The van der Waals surface area contributed by atoms with E-state index >= 15 is 0 Å². The third-order valence-electron chi connectivity index (χ3n) is 2.51. The molecule has 1 rings (SSSR count). The van der Waals surface area contributed by atoms with E-state index in [0.29, 0.717) is 31.4 Å². The number of halogens is 1. The molecule has 108 valence electrons. The van der Waals surface area contributed by atoms with Crippen molar-refractivity contribution >= 4 is 21.8 Å². The third-order valence-corrected chi connectivity index (χ3v) is 3.31. The van der Waals surface area contributed by atoms with Crippen LogP contribution in [0.15, 0.2) is 4.47 Å². The number of hydrogen-bond donors (Lipinski definition) is 2. The van der Waals surface area contributed by atoms with E-state index in [1.807, 2.05) is 13.8 Å². The molecular weight excluding hydrogens is 310 g/mol. The zero-order valence-corrected chi connectivity index (χ0v) is 13.5. The van der Waals surface area contributed by atoms with E-state index in [-0.39, 0.29) is 11.8 Å². The molecule has 0 atom stereocenters. The predicted octanol–water partition coefficient (Wildman–Crippen LogP) is 2.70. The van der Waals surface area contributed by atoms with Gasteiger partial charge in [-0.15, -0.1) is 0 Å². The molecule has 0 saturated carbocycles. The van der Waals surface area contributed by atoms with Crippen molar-refractivity contribution in [1.82, 2.24) is 15.5 Å². The Morgan fingerprint density at radius 2 is 2.11 bits per heavy atom. The first-order valence-corrected chi connectivity index (χ1v) is 7.32. The summed E-state index contributed by atoms with van der Waals surface area (Å²) in [5.74, 6) is 0.603. The summed E-state index contributed by atoms with van der Waals surface area (Å²) in [6.07, 6.45) is 0. The number of hydrogen-bond acceptors (Lipinski definition) is 3.